The molecule has 0 amide bonds. The molecule has 3 rings (SSSR count). The Labute approximate surface area is 130 Å². The zero-order chi connectivity index (χ0) is 14.8. The number of piperazine rings is 1. The number of halogens is 1. The summed E-state index contributed by atoms with van der Waals surface area (Å²) >= 11 is 6.57. The average molecular weight is 306 g/mol. The Morgan fingerprint density at radius 3 is 2.81 bits per heavy atom. The van der Waals surface area contributed by atoms with Gasteiger partial charge in [-0.05, 0) is 32.0 Å². The van der Waals surface area contributed by atoms with Crippen LogP contribution in [0.15, 0.2) is 18.2 Å². The van der Waals surface area contributed by atoms with Crippen LogP contribution in [0.4, 0.5) is 5.69 Å². The Bertz CT molecular complexity index is 654. The highest BCUT2D eigenvalue weighted by Crippen LogP contribution is 2.37. The minimum absolute atomic E-state index is 0.654. The van der Waals surface area contributed by atoms with E-state index >= 15 is 0 Å². The van der Waals surface area contributed by atoms with Gasteiger partial charge in [-0.25, -0.2) is 0 Å². The molecule has 0 unspecified atom stereocenters. The van der Waals surface area contributed by atoms with Crippen molar-refractivity contribution in [3.63, 3.8) is 0 Å². The minimum Gasteiger partial charge on any atom is -0.494 e. The molecule has 0 aliphatic carbocycles. The number of hydrogen-bond acceptors (Lipinski definition) is 4. The lowest BCUT2D eigenvalue weighted by atomic mass is 10.1. The molecule has 2 heterocycles. The molecule has 5 heteroatoms. The fraction of sp³-hybridized carbons (Fsp3) is 0.438. The number of benzene rings is 1. The van der Waals surface area contributed by atoms with Gasteiger partial charge in [-0.2, -0.15) is 0 Å². The Kier molecular flexibility index (Phi) is 4.17. The quantitative estimate of drug-likeness (QED) is 0.946. The molecule has 1 aliphatic rings. The Morgan fingerprint density at radius 2 is 2.10 bits per heavy atom. The van der Waals surface area contributed by atoms with Crippen LogP contribution in [0.2, 0.25) is 5.02 Å². The van der Waals surface area contributed by atoms with Crippen LogP contribution in [0.5, 0.6) is 5.75 Å². The zero-order valence-electron chi connectivity index (χ0n) is 12.4. The summed E-state index contributed by atoms with van der Waals surface area (Å²) in [6.45, 7) is 8.47. The monoisotopic (exact) mass is 305 g/mol. The second-order valence-corrected chi connectivity index (χ2v) is 5.59. The normalized spacial score (nSPS) is 15.5. The predicted octanol–water partition coefficient (Wildman–Crippen LogP) is 3.00. The van der Waals surface area contributed by atoms with Gasteiger partial charge in [-0.1, -0.05) is 11.6 Å². The molecule has 1 aromatic heterocycles. The third kappa shape index (κ3) is 2.78. The molecule has 0 spiro atoms. The number of aryl methyl sites for hydroxylation is 1. The number of nitrogens with zero attached hydrogens (tertiary/aromatic N) is 2. The number of anilines is 1. The average Bonchev–Trinajstić information content (AvgIpc) is 2.50. The van der Waals surface area contributed by atoms with Crippen molar-refractivity contribution in [3.8, 4) is 5.75 Å². The minimum atomic E-state index is 0.654. The smallest absolute Gasteiger partial charge is 0.120 e. The van der Waals surface area contributed by atoms with Crippen molar-refractivity contribution in [2.75, 3.05) is 37.7 Å². The lowest BCUT2D eigenvalue weighted by Gasteiger charge is -2.31. The summed E-state index contributed by atoms with van der Waals surface area (Å²) in [5, 5.41) is 5.19. The summed E-state index contributed by atoms with van der Waals surface area (Å²) in [4.78, 5) is 6.94. The molecule has 112 valence electrons. The van der Waals surface area contributed by atoms with E-state index in [1.807, 2.05) is 26.0 Å². The van der Waals surface area contributed by atoms with Gasteiger partial charge in [0.1, 0.15) is 5.75 Å². The summed E-state index contributed by atoms with van der Waals surface area (Å²) < 4.78 is 5.62. The van der Waals surface area contributed by atoms with Gasteiger partial charge in [0, 0.05) is 31.6 Å². The largest absolute Gasteiger partial charge is 0.494 e. The molecule has 0 atom stereocenters. The van der Waals surface area contributed by atoms with E-state index in [2.05, 4.69) is 21.3 Å². The van der Waals surface area contributed by atoms with Crippen LogP contribution in [-0.2, 0) is 0 Å². The van der Waals surface area contributed by atoms with E-state index in [0.29, 0.717) is 6.61 Å². The van der Waals surface area contributed by atoms with Crippen molar-refractivity contribution in [3.05, 3.63) is 28.9 Å². The molecule has 1 aromatic carbocycles. The fourth-order valence-corrected chi connectivity index (χ4v) is 3.04. The van der Waals surface area contributed by atoms with Crippen molar-refractivity contribution in [1.29, 1.82) is 0 Å². The van der Waals surface area contributed by atoms with Gasteiger partial charge in [-0.3, -0.25) is 4.98 Å². The molecule has 1 fully saturated rings. The van der Waals surface area contributed by atoms with Crippen molar-refractivity contribution < 1.29 is 4.74 Å². The van der Waals surface area contributed by atoms with Crippen molar-refractivity contribution in [1.82, 2.24) is 10.3 Å². The second kappa shape index (κ2) is 6.08. The predicted molar refractivity (Wildman–Crippen MR) is 87.7 cm³/mol. The second-order valence-electron chi connectivity index (χ2n) is 5.21. The maximum absolute atomic E-state index is 6.57. The fourth-order valence-electron chi connectivity index (χ4n) is 2.78. The highest BCUT2D eigenvalue weighted by atomic mass is 35.5. The number of ether oxygens (including phenoxy) is 1. The Balaban J connectivity index is 2.17. The molecule has 1 aliphatic heterocycles. The first-order valence-electron chi connectivity index (χ1n) is 7.39. The summed E-state index contributed by atoms with van der Waals surface area (Å²) in [6.07, 6.45) is 0. The molecule has 0 saturated carbocycles. The van der Waals surface area contributed by atoms with Crippen LogP contribution < -0.4 is 15.0 Å². The first-order chi connectivity index (χ1) is 10.2. The molecular formula is C16H20ClN3O. The Morgan fingerprint density at radius 1 is 1.33 bits per heavy atom. The van der Waals surface area contributed by atoms with Crippen molar-refractivity contribution >= 4 is 28.2 Å². The molecular weight excluding hydrogens is 286 g/mol. The van der Waals surface area contributed by atoms with E-state index in [1.165, 1.54) is 0 Å². The van der Waals surface area contributed by atoms with Crippen molar-refractivity contribution in [2.24, 2.45) is 0 Å². The number of rotatable bonds is 3. The van der Waals surface area contributed by atoms with Gasteiger partial charge in [0.2, 0.25) is 0 Å². The van der Waals surface area contributed by atoms with Crippen LogP contribution in [0.25, 0.3) is 10.9 Å². The van der Waals surface area contributed by atoms with E-state index in [-0.39, 0.29) is 0 Å². The highest BCUT2D eigenvalue weighted by Gasteiger charge is 2.19. The molecule has 0 bridgehead atoms. The maximum atomic E-state index is 6.57. The summed E-state index contributed by atoms with van der Waals surface area (Å²) in [6, 6.07) is 6.03. The summed E-state index contributed by atoms with van der Waals surface area (Å²) in [5.41, 5.74) is 2.93. The molecule has 0 radical (unpaired) electrons. The van der Waals surface area contributed by atoms with Gasteiger partial charge in [0.25, 0.3) is 0 Å². The van der Waals surface area contributed by atoms with Gasteiger partial charge >= 0.3 is 0 Å². The first kappa shape index (κ1) is 14.4. The number of fused-ring (bicyclic) bond motifs is 1. The molecule has 4 nitrogen and oxygen atoms in total. The lowest BCUT2D eigenvalue weighted by molar-refractivity contribution is 0.340. The highest BCUT2D eigenvalue weighted by molar-refractivity contribution is 6.35. The van der Waals surface area contributed by atoms with E-state index in [1.54, 1.807) is 0 Å². The van der Waals surface area contributed by atoms with Gasteiger partial charge in [0.15, 0.2) is 0 Å². The van der Waals surface area contributed by atoms with Crippen molar-refractivity contribution in [2.45, 2.75) is 13.8 Å². The lowest BCUT2D eigenvalue weighted by Crippen LogP contribution is -2.43. The number of nitrogens with one attached hydrogen (secondary N) is 1. The number of pyridine rings is 1. The van der Waals surface area contributed by atoms with Crippen LogP contribution >= 0.6 is 11.6 Å². The van der Waals surface area contributed by atoms with Crippen LogP contribution in [-0.4, -0.2) is 37.8 Å². The van der Waals surface area contributed by atoms with Gasteiger partial charge in [-0.15, -0.1) is 0 Å². The SMILES string of the molecule is CCOc1ccc2nc(C)c(Cl)c(N3CCNCC3)c2c1. The van der Waals surface area contributed by atoms with E-state index in [0.717, 1.165) is 59.2 Å². The van der Waals surface area contributed by atoms with Crippen LogP contribution in [0.1, 0.15) is 12.6 Å². The third-order valence-corrected chi connectivity index (χ3v) is 4.23. The van der Waals surface area contributed by atoms with E-state index in [4.69, 9.17) is 16.3 Å². The Hall–Kier alpha value is -1.52. The topological polar surface area (TPSA) is 37.4 Å². The molecule has 1 N–H and O–H groups in total. The molecule has 2 aromatic rings. The first-order valence-corrected chi connectivity index (χ1v) is 7.77. The van der Waals surface area contributed by atoms with Gasteiger partial charge < -0.3 is 15.0 Å². The van der Waals surface area contributed by atoms with Crippen LogP contribution in [0.3, 0.4) is 0 Å². The summed E-state index contributed by atoms with van der Waals surface area (Å²) in [7, 11) is 0. The number of aromatic nitrogens is 1. The van der Waals surface area contributed by atoms with E-state index in [9.17, 15) is 0 Å². The molecule has 1 saturated heterocycles. The maximum Gasteiger partial charge on any atom is 0.120 e. The zero-order valence-corrected chi connectivity index (χ0v) is 13.2. The standard InChI is InChI=1S/C16H20ClN3O/c1-3-21-12-4-5-14-13(10-12)16(15(17)11(2)19-14)20-8-6-18-7-9-20/h4-5,10,18H,3,6-9H2,1-2H3. The van der Waals surface area contributed by atoms with Gasteiger partial charge in [0.05, 0.1) is 28.5 Å². The third-order valence-electron chi connectivity index (χ3n) is 3.78. The van der Waals surface area contributed by atoms with Crippen LogP contribution in [0, 0.1) is 6.92 Å². The van der Waals surface area contributed by atoms with E-state index < -0.39 is 0 Å². The summed E-state index contributed by atoms with van der Waals surface area (Å²) in [5.74, 6) is 0.864. The molecule has 21 heavy (non-hydrogen) atoms. The number of hydrogen-bond donors (Lipinski definition) is 1.